The van der Waals surface area contributed by atoms with Gasteiger partial charge in [-0.05, 0) is 55.9 Å². The Morgan fingerprint density at radius 3 is 2.31 bits per heavy atom. The lowest BCUT2D eigenvalue weighted by Crippen LogP contribution is -2.45. The van der Waals surface area contributed by atoms with Gasteiger partial charge in [-0.2, -0.15) is 0 Å². The number of aromatic nitrogens is 1. The summed E-state index contributed by atoms with van der Waals surface area (Å²) in [6.45, 7) is 4.49. The minimum absolute atomic E-state index is 0.0518. The maximum atomic E-state index is 13.2. The van der Waals surface area contributed by atoms with Gasteiger partial charge in [-0.25, -0.2) is 9.79 Å². The maximum Gasteiger partial charge on any atom is 0.328 e. The molecule has 0 aliphatic rings. The van der Waals surface area contributed by atoms with Crippen LogP contribution in [0.5, 0.6) is 5.88 Å². The van der Waals surface area contributed by atoms with Crippen LogP contribution in [-0.2, 0) is 16.1 Å². The number of aromatic hydroxyl groups is 1. The largest absolute Gasteiger partial charge is 0.494 e. The van der Waals surface area contributed by atoms with Gasteiger partial charge >= 0.3 is 5.97 Å². The molecule has 0 saturated carbocycles. The predicted octanol–water partition coefficient (Wildman–Crippen LogP) is 5.03. The van der Waals surface area contributed by atoms with Crippen LogP contribution >= 0.6 is 0 Å². The molecule has 0 aliphatic carbocycles. The zero-order valence-corrected chi connectivity index (χ0v) is 22.9. The Hall–Kier alpha value is -4.43. The fourth-order valence-electron chi connectivity index (χ4n) is 4.44. The highest BCUT2D eigenvalue weighted by Gasteiger charge is 2.26. The van der Waals surface area contributed by atoms with Crippen LogP contribution < -0.4 is 5.32 Å². The van der Waals surface area contributed by atoms with E-state index >= 15 is 0 Å². The number of ether oxygens (including phenoxy) is 1. The van der Waals surface area contributed by atoms with E-state index in [2.05, 4.69) is 15.2 Å². The fourth-order valence-corrected chi connectivity index (χ4v) is 4.44. The highest BCUT2D eigenvalue weighted by molar-refractivity contribution is 6.22. The Kier molecular flexibility index (Phi) is 8.46. The standard InChI is InChI=1S/C31H34N4O4/c1-19(2)27(31(38)39-5)34-29(36)22-13-16-25-24(17-22)26(30(37)33-25)28(21-9-7-6-8-10-21)32-23-14-11-20(12-15-23)18-35(3)4/h6-17,19,27,33,37H,18H2,1-5H3,(H,34,36). The molecule has 0 bridgehead atoms. The molecule has 202 valence electrons. The topological polar surface area (TPSA) is 107 Å². The Balaban J connectivity index is 1.79. The number of aliphatic imine (C=N–C) groups is 1. The van der Waals surface area contributed by atoms with Crippen molar-refractivity contribution in [2.24, 2.45) is 10.9 Å². The Morgan fingerprint density at radius 1 is 1.00 bits per heavy atom. The van der Waals surface area contributed by atoms with Crippen molar-refractivity contribution in [2.45, 2.75) is 26.4 Å². The van der Waals surface area contributed by atoms with Crippen molar-refractivity contribution in [3.63, 3.8) is 0 Å². The molecule has 0 aliphatic heterocycles. The highest BCUT2D eigenvalue weighted by Crippen LogP contribution is 2.32. The zero-order valence-electron chi connectivity index (χ0n) is 22.9. The molecule has 0 fully saturated rings. The minimum Gasteiger partial charge on any atom is -0.494 e. The average Bonchev–Trinajstić information content (AvgIpc) is 3.25. The Labute approximate surface area is 228 Å². The summed E-state index contributed by atoms with van der Waals surface area (Å²) in [6.07, 6.45) is 0. The van der Waals surface area contributed by atoms with E-state index in [9.17, 15) is 14.7 Å². The summed E-state index contributed by atoms with van der Waals surface area (Å²) in [7, 11) is 5.34. The van der Waals surface area contributed by atoms with E-state index in [-0.39, 0.29) is 11.8 Å². The van der Waals surface area contributed by atoms with Crippen LogP contribution in [0.1, 0.15) is 40.9 Å². The van der Waals surface area contributed by atoms with Gasteiger partial charge in [0, 0.05) is 28.6 Å². The van der Waals surface area contributed by atoms with E-state index in [4.69, 9.17) is 9.73 Å². The first-order valence-corrected chi connectivity index (χ1v) is 12.8. The van der Waals surface area contributed by atoms with Crippen LogP contribution in [0.4, 0.5) is 5.69 Å². The van der Waals surface area contributed by atoms with Gasteiger partial charge in [0.1, 0.15) is 6.04 Å². The number of benzene rings is 3. The molecule has 3 N–H and O–H groups in total. The van der Waals surface area contributed by atoms with Crippen molar-refractivity contribution in [3.8, 4) is 5.88 Å². The van der Waals surface area contributed by atoms with E-state index in [0.717, 1.165) is 23.4 Å². The minimum atomic E-state index is -0.783. The molecule has 0 radical (unpaired) electrons. The molecule has 8 heteroatoms. The number of amides is 1. The van der Waals surface area contributed by atoms with Crippen molar-refractivity contribution >= 4 is 34.2 Å². The molecule has 4 aromatic rings. The molecule has 1 aromatic heterocycles. The second-order valence-electron chi connectivity index (χ2n) is 10.1. The lowest BCUT2D eigenvalue weighted by atomic mass is 9.99. The number of H-pyrrole nitrogens is 1. The molecule has 4 rings (SSSR count). The molecule has 0 spiro atoms. The molecule has 3 aromatic carbocycles. The van der Waals surface area contributed by atoms with Crippen molar-refractivity contribution in [2.75, 3.05) is 21.2 Å². The van der Waals surface area contributed by atoms with Crippen LogP contribution in [0.25, 0.3) is 10.9 Å². The van der Waals surface area contributed by atoms with Gasteiger partial charge in [0.15, 0.2) is 5.88 Å². The third-order valence-electron chi connectivity index (χ3n) is 6.41. The van der Waals surface area contributed by atoms with Crippen molar-refractivity contribution < 1.29 is 19.4 Å². The Morgan fingerprint density at radius 2 is 1.69 bits per heavy atom. The lowest BCUT2D eigenvalue weighted by Gasteiger charge is -2.19. The Bertz CT molecular complexity index is 1490. The average molecular weight is 527 g/mol. The summed E-state index contributed by atoms with van der Waals surface area (Å²) in [4.78, 5) is 35.4. The molecule has 1 atom stereocenters. The van der Waals surface area contributed by atoms with Gasteiger partial charge in [-0.15, -0.1) is 0 Å². The zero-order chi connectivity index (χ0) is 28.1. The number of fused-ring (bicyclic) bond motifs is 1. The predicted molar refractivity (Wildman–Crippen MR) is 154 cm³/mol. The molecule has 1 unspecified atom stereocenters. The van der Waals surface area contributed by atoms with Crippen molar-refractivity contribution in [1.29, 1.82) is 0 Å². The number of nitrogens with zero attached hydrogens (tertiary/aromatic N) is 2. The lowest BCUT2D eigenvalue weighted by molar-refractivity contribution is -0.144. The van der Waals surface area contributed by atoms with E-state index in [1.165, 1.54) is 7.11 Å². The summed E-state index contributed by atoms with van der Waals surface area (Å²) >= 11 is 0. The van der Waals surface area contributed by atoms with Gasteiger partial charge in [-0.1, -0.05) is 56.3 Å². The number of hydrogen-bond acceptors (Lipinski definition) is 6. The molecular weight excluding hydrogens is 492 g/mol. The number of nitrogens with one attached hydrogen (secondary N) is 2. The molecule has 1 heterocycles. The van der Waals surface area contributed by atoms with Crippen LogP contribution in [0.15, 0.2) is 77.8 Å². The third-order valence-corrected chi connectivity index (χ3v) is 6.41. The number of rotatable bonds is 9. The van der Waals surface area contributed by atoms with Crippen LogP contribution in [-0.4, -0.2) is 59.8 Å². The number of aromatic amines is 1. The number of carbonyl (C=O) groups excluding carboxylic acids is 2. The maximum absolute atomic E-state index is 13.2. The summed E-state index contributed by atoms with van der Waals surface area (Å²) < 4.78 is 4.86. The highest BCUT2D eigenvalue weighted by atomic mass is 16.5. The number of methoxy groups -OCH3 is 1. The van der Waals surface area contributed by atoms with Crippen LogP contribution in [0, 0.1) is 5.92 Å². The van der Waals surface area contributed by atoms with Gasteiger partial charge in [0.25, 0.3) is 5.91 Å². The fraction of sp³-hybridized carbons (Fsp3) is 0.258. The van der Waals surface area contributed by atoms with Crippen LogP contribution in [0.3, 0.4) is 0 Å². The second kappa shape index (κ2) is 12.0. The van der Waals surface area contributed by atoms with E-state index < -0.39 is 17.9 Å². The summed E-state index contributed by atoms with van der Waals surface area (Å²) in [5, 5.41) is 14.4. The first kappa shape index (κ1) is 27.6. The number of carbonyl (C=O) groups is 2. The first-order chi connectivity index (χ1) is 18.7. The molecule has 8 nitrogen and oxygen atoms in total. The normalized spacial score (nSPS) is 12.6. The summed E-state index contributed by atoms with van der Waals surface area (Å²) in [6, 6.07) is 21.9. The van der Waals surface area contributed by atoms with Gasteiger partial charge < -0.3 is 25.0 Å². The van der Waals surface area contributed by atoms with Gasteiger partial charge in [0.2, 0.25) is 0 Å². The summed E-state index contributed by atoms with van der Waals surface area (Å²) in [5.74, 6) is -1.13. The smallest absolute Gasteiger partial charge is 0.328 e. The van der Waals surface area contributed by atoms with Crippen LogP contribution in [0.2, 0.25) is 0 Å². The van der Waals surface area contributed by atoms with Crippen molar-refractivity contribution in [1.82, 2.24) is 15.2 Å². The third kappa shape index (κ3) is 6.35. The molecule has 0 saturated heterocycles. The number of hydrogen-bond donors (Lipinski definition) is 3. The van der Waals surface area contributed by atoms with Gasteiger partial charge in [0.05, 0.1) is 24.1 Å². The first-order valence-electron chi connectivity index (χ1n) is 12.8. The molecule has 1 amide bonds. The van der Waals surface area contributed by atoms with E-state index in [1.807, 2.05) is 82.5 Å². The van der Waals surface area contributed by atoms with E-state index in [1.54, 1.807) is 18.2 Å². The SMILES string of the molecule is COC(=O)C(NC(=O)c1ccc2[nH]c(O)c(C(=Nc3ccc(CN(C)C)cc3)c3ccccc3)c2c1)C(C)C. The number of esters is 1. The second-order valence-corrected chi connectivity index (χ2v) is 10.1. The molecule has 39 heavy (non-hydrogen) atoms. The molecular formula is C31H34N4O4. The van der Waals surface area contributed by atoms with Crippen molar-refractivity contribution in [3.05, 3.63) is 95.1 Å². The monoisotopic (exact) mass is 526 g/mol. The van der Waals surface area contributed by atoms with E-state index in [0.29, 0.717) is 27.7 Å². The summed E-state index contributed by atoms with van der Waals surface area (Å²) in [5.41, 5.74) is 4.75. The van der Waals surface area contributed by atoms with Gasteiger partial charge in [-0.3, -0.25) is 4.79 Å². The quantitative estimate of drug-likeness (QED) is 0.209.